The minimum atomic E-state index is -0.692. The van der Waals surface area contributed by atoms with Crippen molar-refractivity contribution < 1.29 is 5.11 Å². The lowest BCUT2D eigenvalue weighted by molar-refractivity contribution is 0.0325. The van der Waals surface area contributed by atoms with Crippen LogP contribution in [0.1, 0.15) is 30.9 Å². The van der Waals surface area contributed by atoms with E-state index in [0.717, 1.165) is 25.1 Å². The van der Waals surface area contributed by atoms with Crippen LogP contribution in [-0.2, 0) is 5.60 Å². The first-order valence-corrected chi connectivity index (χ1v) is 6.08. The van der Waals surface area contributed by atoms with Crippen LogP contribution in [0.3, 0.4) is 0 Å². The van der Waals surface area contributed by atoms with E-state index in [1.807, 2.05) is 19.1 Å². The molecule has 1 aliphatic heterocycles. The molecule has 1 aromatic carbocycles. The zero-order valence-corrected chi connectivity index (χ0v) is 10.2. The first kappa shape index (κ1) is 11.6. The lowest BCUT2D eigenvalue weighted by Gasteiger charge is -2.27. The van der Waals surface area contributed by atoms with Crippen molar-refractivity contribution in [3.05, 3.63) is 35.4 Å². The molecule has 2 nitrogen and oxygen atoms in total. The summed E-state index contributed by atoms with van der Waals surface area (Å²) in [6.45, 7) is 6.13. The van der Waals surface area contributed by atoms with Gasteiger partial charge in [-0.2, -0.15) is 0 Å². The molecule has 0 radical (unpaired) electrons. The van der Waals surface area contributed by atoms with Gasteiger partial charge in [-0.1, -0.05) is 29.8 Å². The highest BCUT2D eigenvalue weighted by Gasteiger charge is 2.28. The Balaban J connectivity index is 2.10. The highest BCUT2D eigenvalue weighted by Crippen LogP contribution is 2.30. The summed E-state index contributed by atoms with van der Waals surface area (Å²) in [5.74, 6) is 0.607. The topological polar surface area (TPSA) is 32.3 Å². The molecule has 2 heteroatoms. The molecule has 2 rings (SSSR count). The summed E-state index contributed by atoms with van der Waals surface area (Å²) in [7, 11) is 0. The molecule has 0 amide bonds. The lowest BCUT2D eigenvalue weighted by Crippen LogP contribution is -2.26. The van der Waals surface area contributed by atoms with E-state index in [9.17, 15) is 5.11 Å². The maximum atomic E-state index is 10.5. The SMILES string of the molecule is Cc1cccc(C(C)(O)CC2CCNC2)c1. The maximum Gasteiger partial charge on any atom is 0.0871 e. The van der Waals surface area contributed by atoms with Gasteiger partial charge < -0.3 is 10.4 Å². The van der Waals surface area contributed by atoms with E-state index in [-0.39, 0.29) is 0 Å². The van der Waals surface area contributed by atoms with Crippen molar-refractivity contribution >= 4 is 0 Å². The van der Waals surface area contributed by atoms with Crippen molar-refractivity contribution in [2.24, 2.45) is 5.92 Å². The average molecular weight is 219 g/mol. The molecule has 2 N–H and O–H groups in total. The number of aryl methyl sites for hydroxylation is 1. The Morgan fingerprint density at radius 3 is 2.94 bits per heavy atom. The van der Waals surface area contributed by atoms with Gasteiger partial charge >= 0.3 is 0 Å². The zero-order valence-electron chi connectivity index (χ0n) is 10.2. The van der Waals surface area contributed by atoms with Gasteiger partial charge in [0, 0.05) is 0 Å². The van der Waals surface area contributed by atoms with Gasteiger partial charge in [0.2, 0.25) is 0 Å². The van der Waals surface area contributed by atoms with Crippen molar-refractivity contribution in [3.8, 4) is 0 Å². The quantitative estimate of drug-likeness (QED) is 0.817. The fourth-order valence-electron chi connectivity index (χ4n) is 2.55. The van der Waals surface area contributed by atoms with Crippen LogP contribution >= 0.6 is 0 Å². The Morgan fingerprint density at radius 2 is 2.31 bits per heavy atom. The molecular weight excluding hydrogens is 198 g/mol. The Morgan fingerprint density at radius 1 is 1.50 bits per heavy atom. The molecule has 0 bridgehead atoms. The van der Waals surface area contributed by atoms with Gasteiger partial charge in [-0.3, -0.25) is 0 Å². The van der Waals surface area contributed by atoms with Crippen molar-refractivity contribution in [2.45, 2.75) is 32.3 Å². The van der Waals surface area contributed by atoms with E-state index in [2.05, 4.69) is 24.4 Å². The second-order valence-electron chi connectivity index (χ2n) is 5.21. The predicted molar refractivity (Wildman–Crippen MR) is 66.3 cm³/mol. The number of hydrogen-bond donors (Lipinski definition) is 2. The van der Waals surface area contributed by atoms with Gasteiger partial charge in [0.05, 0.1) is 5.60 Å². The molecule has 0 aliphatic carbocycles. The third-order valence-corrected chi connectivity index (χ3v) is 3.49. The molecule has 0 saturated carbocycles. The van der Waals surface area contributed by atoms with E-state index in [1.54, 1.807) is 0 Å². The number of hydrogen-bond acceptors (Lipinski definition) is 2. The normalized spacial score (nSPS) is 24.3. The zero-order chi connectivity index (χ0) is 11.6. The number of rotatable bonds is 3. The van der Waals surface area contributed by atoms with Gasteiger partial charge in [-0.25, -0.2) is 0 Å². The third-order valence-electron chi connectivity index (χ3n) is 3.49. The van der Waals surface area contributed by atoms with Gasteiger partial charge in [0.1, 0.15) is 0 Å². The molecular formula is C14H21NO. The first-order chi connectivity index (χ1) is 7.58. The van der Waals surface area contributed by atoms with E-state index >= 15 is 0 Å². The van der Waals surface area contributed by atoms with Crippen molar-refractivity contribution in [1.82, 2.24) is 5.32 Å². The standard InChI is InChI=1S/C14H21NO/c1-11-4-3-5-13(8-11)14(2,16)9-12-6-7-15-10-12/h3-5,8,12,15-16H,6-7,9-10H2,1-2H3. The molecule has 16 heavy (non-hydrogen) atoms. The van der Waals surface area contributed by atoms with Gasteiger partial charge in [-0.15, -0.1) is 0 Å². The second kappa shape index (κ2) is 4.56. The van der Waals surface area contributed by atoms with E-state index < -0.39 is 5.60 Å². The number of benzene rings is 1. The van der Waals surface area contributed by atoms with Crippen LogP contribution in [-0.4, -0.2) is 18.2 Å². The lowest BCUT2D eigenvalue weighted by atomic mass is 9.85. The maximum absolute atomic E-state index is 10.5. The summed E-state index contributed by atoms with van der Waals surface area (Å²) in [6.07, 6.45) is 2.03. The molecule has 88 valence electrons. The molecule has 2 atom stereocenters. The summed E-state index contributed by atoms with van der Waals surface area (Å²) in [5.41, 5.74) is 1.56. The van der Waals surface area contributed by atoms with Crippen LogP contribution < -0.4 is 5.32 Å². The Hall–Kier alpha value is -0.860. The summed E-state index contributed by atoms with van der Waals surface area (Å²) in [5, 5.41) is 13.9. The van der Waals surface area contributed by atoms with Crippen molar-refractivity contribution in [1.29, 1.82) is 0 Å². The molecule has 1 saturated heterocycles. The smallest absolute Gasteiger partial charge is 0.0871 e. The monoisotopic (exact) mass is 219 g/mol. The molecule has 1 aliphatic rings. The van der Waals surface area contributed by atoms with Crippen LogP contribution in [0.25, 0.3) is 0 Å². The Bertz CT molecular complexity index is 354. The minimum Gasteiger partial charge on any atom is -0.385 e. The summed E-state index contributed by atoms with van der Waals surface area (Å²) in [4.78, 5) is 0. The van der Waals surface area contributed by atoms with Gasteiger partial charge in [0.15, 0.2) is 0 Å². The van der Waals surface area contributed by atoms with Crippen LogP contribution in [0.15, 0.2) is 24.3 Å². The fraction of sp³-hybridized carbons (Fsp3) is 0.571. The van der Waals surface area contributed by atoms with Crippen molar-refractivity contribution in [2.75, 3.05) is 13.1 Å². The van der Waals surface area contributed by atoms with Crippen molar-refractivity contribution in [3.63, 3.8) is 0 Å². The largest absolute Gasteiger partial charge is 0.385 e. The van der Waals surface area contributed by atoms with E-state index in [1.165, 1.54) is 12.0 Å². The van der Waals surface area contributed by atoms with Crippen LogP contribution in [0.2, 0.25) is 0 Å². The summed E-state index contributed by atoms with van der Waals surface area (Å²) in [6, 6.07) is 8.19. The van der Waals surface area contributed by atoms with Crippen LogP contribution in [0.4, 0.5) is 0 Å². The van der Waals surface area contributed by atoms with Gasteiger partial charge in [-0.05, 0) is 51.3 Å². The summed E-state index contributed by atoms with van der Waals surface area (Å²) >= 11 is 0. The predicted octanol–water partition coefficient (Wildman–Crippen LogP) is 2.20. The molecule has 1 fully saturated rings. The van der Waals surface area contributed by atoms with E-state index in [4.69, 9.17) is 0 Å². The third kappa shape index (κ3) is 2.63. The highest BCUT2D eigenvalue weighted by molar-refractivity contribution is 5.27. The molecule has 0 aromatic heterocycles. The summed E-state index contributed by atoms with van der Waals surface area (Å²) < 4.78 is 0. The van der Waals surface area contributed by atoms with Crippen LogP contribution in [0, 0.1) is 12.8 Å². The fourth-order valence-corrected chi connectivity index (χ4v) is 2.55. The Labute approximate surface area is 97.7 Å². The highest BCUT2D eigenvalue weighted by atomic mass is 16.3. The molecule has 1 aromatic rings. The van der Waals surface area contributed by atoms with E-state index in [0.29, 0.717) is 5.92 Å². The minimum absolute atomic E-state index is 0.607. The number of aliphatic hydroxyl groups is 1. The molecule has 2 unspecified atom stereocenters. The Kier molecular flexibility index (Phi) is 3.31. The average Bonchev–Trinajstić information content (AvgIpc) is 2.70. The van der Waals surface area contributed by atoms with Crippen LogP contribution in [0.5, 0.6) is 0 Å². The molecule has 1 heterocycles. The number of nitrogens with one attached hydrogen (secondary N) is 1. The second-order valence-corrected chi connectivity index (χ2v) is 5.21. The first-order valence-electron chi connectivity index (χ1n) is 6.08. The van der Waals surface area contributed by atoms with Gasteiger partial charge in [0.25, 0.3) is 0 Å². The molecule has 0 spiro atoms.